The summed E-state index contributed by atoms with van der Waals surface area (Å²) in [7, 11) is 0. The number of nitrogens with one attached hydrogen (secondary N) is 1. The first-order chi connectivity index (χ1) is 5.88. The Bertz CT molecular complexity index is 266. The van der Waals surface area contributed by atoms with Crippen LogP contribution in [0.1, 0.15) is 19.4 Å². The molecule has 0 aromatic heterocycles. The Morgan fingerprint density at radius 3 is 2.83 bits per heavy atom. The van der Waals surface area contributed by atoms with Crippen LogP contribution in [0.3, 0.4) is 0 Å². The molecule has 64 valence electrons. The fourth-order valence-electron chi connectivity index (χ4n) is 1.07. The molecule has 0 saturated carbocycles. The van der Waals surface area contributed by atoms with Crippen molar-refractivity contribution in [2.75, 3.05) is 5.43 Å². The molecule has 1 N–H and O–H groups in total. The number of hydrazone groups is 1. The van der Waals surface area contributed by atoms with Crippen molar-refractivity contribution in [2.24, 2.45) is 5.10 Å². The number of aryl methyl sites for hydroxylation is 1. The first-order valence-electron chi connectivity index (χ1n) is 4.20. The van der Waals surface area contributed by atoms with E-state index in [9.17, 15) is 0 Å². The molecular formula is C10H14N2. The molecule has 0 aliphatic heterocycles. The van der Waals surface area contributed by atoms with E-state index >= 15 is 0 Å². The van der Waals surface area contributed by atoms with Crippen LogP contribution in [0.4, 0.5) is 5.69 Å². The quantitative estimate of drug-likeness (QED) is 0.536. The van der Waals surface area contributed by atoms with Crippen molar-refractivity contribution in [3.8, 4) is 0 Å². The van der Waals surface area contributed by atoms with Crippen molar-refractivity contribution in [3.05, 3.63) is 29.8 Å². The number of hydrogen-bond donors (Lipinski definition) is 1. The van der Waals surface area contributed by atoms with E-state index in [1.54, 1.807) is 6.21 Å². The minimum Gasteiger partial charge on any atom is -0.279 e. The van der Waals surface area contributed by atoms with Crippen LogP contribution in [0.25, 0.3) is 0 Å². The molecule has 0 saturated heterocycles. The number of rotatable bonds is 3. The lowest BCUT2D eigenvalue weighted by molar-refractivity contribution is 1.13. The van der Waals surface area contributed by atoms with Crippen molar-refractivity contribution < 1.29 is 0 Å². The zero-order valence-corrected chi connectivity index (χ0v) is 7.54. The Hall–Kier alpha value is -1.31. The van der Waals surface area contributed by atoms with E-state index in [1.807, 2.05) is 25.1 Å². The van der Waals surface area contributed by atoms with Gasteiger partial charge in [0, 0.05) is 6.21 Å². The summed E-state index contributed by atoms with van der Waals surface area (Å²) in [5.41, 5.74) is 5.37. The number of para-hydroxylation sites is 1. The zero-order chi connectivity index (χ0) is 8.81. The van der Waals surface area contributed by atoms with Gasteiger partial charge in [-0.2, -0.15) is 5.10 Å². The fourth-order valence-corrected chi connectivity index (χ4v) is 1.07. The van der Waals surface area contributed by atoms with Gasteiger partial charge >= 0.3 is 0 Å². The highest BCUT2D eigenvalue weighted by molar-refractivity contribution is 5.58. The van der Waals surface area contributed by atoms with Crippen LogP contribution in [-0.2, 0) is 6.42 Å². The molecule has 2 heteroatoms. The number of anilines is 1. The molecule has 1 aromatic rings. The van der Waals surface area contributed by atoms with Crippen LogP contribution < -0.4 is 5.43 Å². The van der Waals surface area contributed by atoms with Crippen molar-refractivity contribution in [1.29, 1.82) is 0 Å². The van der Waals surface area contributed by atoms with Crippen LogP contribution in [0.15, 0.2) is 29.4 Å². The summed E-state index contributed by atoms with van der Waals surface area (Å²) in [6.45, 7) is 4.03. The molecule has 0 aliphatic carbocycles. The van der Waals surface area contributed by atoms with Gasteiger partial charge < -0.3 is 0 Å². The Balaban J connectivity index is 2.81. The molecule has 0 amide bonds. The van der Waals surface area contributed by atoms with Crippen LogP contribution in [0.2, 0.25) is 0 Å². The number of hydrogen-bond acceptors (Lipinski definition) is 2. The van der Waals surface area contributed by atoms with Gasteiger partial charge in [0.05, 0.1) is 5.69 Å². The van der Waals surface area contributed by atoms with Crippen molar-refractivity contribution in [2.45, 2.75) is 20.3 Å². The predicted molar refractivity (Wildman–Crippen MR) is 53.6 cm³/mol. The zero-order valence-electron chi connectivity index (χ0n) is 7.54. The van der Waals surface area contributed by atoms with E-state index in [2.05, 4.69) is 23.5 Å². The average molecular weight is 162 g/mol. The Labute approximate surface area is 73.3 Å². The third-order valence-corrected chi connectivity index (χ3v) is 1.71. The second-order valence-corrected chi connectivity index (χ2v) is 2.51. The van der Waals surface area contributed by atoms with Crippen LogP contribution in [0, 0.1) is 0 Å². The monoisotopic (exact) mass is 162 g/mol. The molecule has 0 radical (unpaired) electrons. The topological polar surface area (TPSA) is 24.4 Å². The lowest BCUT2D eigenvalue weighted by atomic mass is 10.1. The Kier molecular flexibility index (Phi) is 3.33. The molecule has 1 rings (SSSR count). The third-order valence-electron chi connectivity index (χ3n) is 1.71. The molecule has 0 unspecified atom stereocenters. The van der Waals surface area contributed by atoms with Gasteiger partial charge in [-0.25, -0.2) is 0 Å². The maximum atomic E-state index is 3.98. The molecule has 0 fully saturated rings. The lowest BCUT2D eigenvalue weighted by Gasteiger charge is -2.04. The maximum absolute atomic E-state index is 3.98. The van der Waals surface area contributed by atoms with Crippen molar-refractivity contribution in [1.82, 2.24) is 0 Å². The summed E-state index contributed by atoms with van der Waals surface area (Å²) >= 11 is 0. The molecule has 1 aromatic carbocycles. The van der Waals surface area contributed by atoms with E-state index < -0.39 is 0 Å². The largest absolute Gasteiger partial charge is 0.279 e. The second-order valence-electron chi connectivity index (χ2n) is 2.51. The normalized spacial score (nSPS) is 10.5. The summed E-state index contributed by atoms with van der Waals surface area (Å²) < 4.78 is 0. The fraction of sp³-hybridized carbons (Fsp3) is 0.300. The van der Waals surface area contributed by atoms with Crippen molar-refractivity contribution in [3.63, 3.8) is 0 Å². The second kappa shape index (κ2) is 4.54. The SMILES string of the molecule is C/C=N/Nc1ccccc1CC. The van der Waals surface area contributed by atoms with E-state index in [0.717, 1.165) is 12.1 Å². The van der Waals surface area contributed by atoms with Crippen LogP contribution >= 0.6 is 0 Å². The van der Waals surface area contributed by atoms with Gasteiger partial charge in [0.25, 0.3) is 0 Å². The molecule has 0 bridgehead atoms. The van der Waals surface area contributed by atoms with Gasteiger partial charge in [0.15, 0.2) is 0 Å². The van der Waals surface area contributed by atoms with E-state index in [1.165, 1.54) is 5.56 Å². The van der Waals surface area contributed by atoms with Gasteiger partial charge in [-0.15, -0.1) is 0 Å². The van der Waals surface area contributed by atoms with Crippen LogP contribution in [-0.4, -0.2) is 6.21 Å². The van der Waals surface area contributed by atoms with Gasteiger partial charge in [-0.1, -0.05) is 25.1 Å². The lowest BCUT2D eigenvalue weighted by Crippen LogP contribution is -1.92. The minimum atomic E-state index is 1.03. The summed E-state index contributed by atoms with van der Waals surface area (Å²) in [5.74, 6) is 0. The molecule has 0 atom stereocenters. The van der Waals surface area contributed by atoms with Crippen LogP contribution in [0.5, 0.6) is 0 Å². The Morgan fingerprint density at radius 2 is 2.17 bits per heavy atom. The maximum Gasteiger partial charge on any atom is 0.0593 e. The highest BCUT2D eigenvalue weighted by atomic mass is 15.3. The van der Waals surface area contributed by atoms with Gasteiger partial charge in [0.2, 0.25) is 0 Å². The number of benzene rings is 1. The molecule has 12 heavy (non-hydrogen) atoms. The van der Waals surface area contributed by atoms with E-state index in [0.29, 0.717) is 0 Å². The third kappa shape index (κ3) is 2.09. The van der Waals surface area contributed by atoms with E-state index in [4.69, 9.17) is 0 Å². The minimum absolute atomic E-state index is 1.03. The van der Waals surface area contributed by atoms with E-state index in [-0.39, 0.29) is 0 Å². The summed E-state index contributed by atoms with van der Waals surface area (Å²) in [5, 5.41) is 3.98. The smallest absolute Gasteiger partial charge is 0.0593 e. The van der Waals surface area contributed by atoms with Gasteiger partial charge in [-0.3, -0.25) is 5.43 Å². The Morgan fingerprint density at radius 1 is 1.42 bits per heavy atom. The highest BCUT2D eigenvalue weighted by Crippen LogP contribution is 2.14. The predicted octanol–water partition coefficient (Wildman–Crippen LogP) is 2.67. The van der Waals surface area contributed by atoms with Gasteiger partial charge in [0.1, 0.15) is 0 Å². The summed E-state index contributed by atoms with van der Waals surface area (Å²) in [6.07, 6.45) is 2.77. The summed E-state index contributed by atoms with van der Waals surface area (Å²) in [4.78, 5) is 0. The molecule has 0 spiro atoms. The number of nitrogens with zero attached hydrogens (tertiary/aromatic N) is 1. The molecule has 0 heterocycles. The first kappa shape index (κ1) is 8.78. The standard InChI is InChI=1S/C10H14N2/c1-3-9-7-5-6-8-10(9)12-11-4-2/h4-8,12H,3H2,1-2H3/b11-4+. The molecule has 0 aliphatic rings. The average Bonchev–Trinajstić information content (AvgIpc) is 2.15. The summed E-state index contributed by atoms with van der Waals surface area (Å²) in [6, 6.07) is 8.19. The highest BCUT2D eigenvalue weighted by Gasteiger charge is 1.95. The molecular weight excluding hydrogens is 148 g/mol. The van der Waals surface area contributed by atoms with Crippen molar-refractivity contribution >= 4 is 11.9 Å². The van der Waals surface area contributed by atoms with Gasteiger partial charge in [-0.05, 0) is 25.0 Å². The molecule has 2 nitrogen and oxygen atoms in total. The first-order valence-corrected chi connectivity index (χ1v) is 4.20.